The number of hydrogen-bond acceptors (Lipinski definition) is 4. The molecule has 0 saturated heterocycles. The molecule has 1 aliphatic heterocycles. The van der Waals surface area contributed by atoms with Crippen molar-refractivity contribution in [2.45, 2.75) is 25.8 Å². The first kappa shape index (κ1) is 13.5. The molecule has 0 aromatic heterocycles. The fraction of sp³-hybridized carbons (Fsp3) is 0.500. The molecule has 2 N–H and O–H groups in total. The minimum Gasteiger partial charge on any atom is -0.493 e. The van der Waals surface area contributed by atoms with Crippen molar-refractivity contribution < 1.29 is 19.4 Å². The van der Waals surface area contributed by atoms with Crippen LogP contribution in [0.15, 0.2) is 18.2 Å². The summed E-state index contributed by atoms with van der Waals surface area (Å²) in [6, 6.07) is 5.93. The third-order valence-corrected chi connectivity index (χ3v) is 3.14. The van der Waals surface area contributed by atoms with Gasteiger partial charge >= 0.3 is 0 Å². The maximum atomic E-state index is 9.36. The first-order chi connectivity index (χ1) is 9.24. The molecule has 104 valence electrons. The molecule has 1 unspecified atom stereocenters. The molecule has 2 rings (SSSR count). The van der Waals surface area contributed by atoms with Crippen molar-refractivity contribution in [2.24, 2.45) is 0 Å². The highest BCUT2D eigenvalue weighted by Crippen LogP contribution is 2.31. The Morgan fingerprint density at radius 1 is 1.42 bits per heavy atom. The van der Waals surface area contributed by atoms with E-state index >= 15 is 0 Å². The van der Waals surface area contributed by atoms with E-state index in [1.54, 1.807) is 13.4 Å². The topological polar surface area (TPSA) is 53.7 Å². The molecule has 0 radical (unpaired) electrons. The molecule has 1 aliphatic rings. The van der Waals surface area contributed by atoms with Gasteiger partial charge in [-0.3, -0.25) is 5.32 Å². The summed E-state index contributed by atoms with van der Waals surface area (Å²) in [5.41, 5.74) is 1.07. The minimum atomic E-state index is 0.0735. The van der Waals surface area contributed by atoms with Crippen LogP contribution in [0.5, 0.6) is 11.5 Å². The van der Waals surface area contributed by atoms with Crippen LogP contribution in [0.25, 0.3) is 0 Å². The summed E-state index contributed by atoms with van der Waals surface area (Å²) >= 11 is 0. The third kappa shape index (κ3) is 3.30. The number of nitrogens with zero attached hydrogens (tertiary/aromatic N) is 1. The van der Waals surface area contributed by atoms with Gasteiger partial charge in [0.2, 0.25) is 0 Å². The maximum absolute atomic E-state index is 9.36. The van der Waals surface area contributed by atoms with E-state index in [0.717, 1.165) is 34.6 Å². The Labute approximate surface area is 113 Å². The SMILES string of the molecule is CCCCOc1cc(C2C[N+](O)=CN2)ccc1OC. The van der Waals surface area contributed by atoms with Gasteiger partial charge in [-0.05, 0) is 18.6 Å². The summed E-state index contributed by atoms with van der Waals surface area (Å²) in [6.07, 6.45) is 3.68. The molecule has 1 atom stereocenters. The molecular weight excluding hydrogens is 244 g/mol. The van der Waals surface area contributed by atoms with Crippen molar-refractivity contribution in [1.29, 1.82) is 0 Å². The van der Waals surface area contributed by atoms with Gasteiger partial charge in [0.25, 0.3) is 6.34 Å². The van der Waals surface area contributed by atoms with Gasteiger partial charge in [-0.25, -0.2) is 0 Å². The molecule has 0 bridgehead atoms. The molecule has 19 heavy (non-hydrogen) atoms. The zero-order chi connectivity index (χ0) is 13.7. The standard InChI is InChI=1S/C14H20N2O3/c1-3-4-7-19-14-8-11(5-6-13(14)18-2)12-9-16(17)10-15-12/h5-6,8,10,12,17H,3-4,7,9H2,1-2H3/p+1. The van der Waals surface area contributed by atoms with Gasteiger partial charge in [0.15, 0.2) is 24.1 Å². The highest BCUT2D eigenvalue weighted by atomic mass is 16.5. The van der Waals surface area contributed by atoms with Crippen LogP contribution in [0.2, 0.25) is 0 Å². The van der Waals surface area contributed by atoms with Crippen LogP contribution in [-0.4, -0.2) is 36.5 Å². The molecule has 1 aromatic rings. The van der Waals surface area contributed by atoms with E-state index in [-0.39, 0.29) is 6.04 Å². The number of hydroxylamine groups is 1. The van der Waals surface area contributed by atoms with Crippen LogP contribution >= 0.6 is 0 Å². The largest absolute Gasteiger partial charge is 0.493 e. The molecule has 0 aliphatic carbocycles. The predicted octanol–water partition coefficient (Wildman–Crippen LogP) is 1.95. The Hall–Kier alpha value is -1.91. The average molecular weight is 265 g/mol. The summed E-state index contributed by atoms with van der Waals surface area (Å²) in [6.45, 7) is 3.35. The zero-order valence-corrected chi connectivity index (χ0v) is 11.4. The molecule has 0 spiro atoms. The molecule has 0 saturated carbocycles. The van der Waals surface area contributed by atoms with Gasteiger partial charge in [-0.15, -0.1) is 0 Å². The van der Waals surface area contributed by atoms with E-state index < -0.39 is 0 Å². The second-order valence-corrected chi connectivity index (χ2v) is 4.58. The second kappa shape index (κ2) is 6.31. The van der Waals surface area contributed by atoms with Gasteiger partial charge in [-0.2, -0.15) is 0 Å². The summed E-state index contributed by atoms with van der Waals surface area (Å²) < 4.78 is 12.2. The fourth-order valence-corrected chi connectivity index (χ4v) is 2.02. The third-order valence-electron chi connectivity index (χ3n) is 3.14. The lowest BCUT2D eigenvalue weighted by Crippen LogP contribution is -2.16. The van der Waals surface area contributed by atoms with Gasteiger partial charge in [0.05, 0.1) is 13.7 Å². The highest BCUT2D eigenvalue weighted by molar-refractivity contribution is 5.52. The van der Waals surface area contributed by atoms with Crippen LogP contribution in [0, 0.1) is 0 Å². The number of unbranched alkanes of at least 4 members (excludes halogenated alkanes) is 1. The molecule has 5 nitrogen and oxygen atoms in total. The van der Waals surface area contributed by atoms with Gasteiger partial charge in [0.1, 0.15) is 0 Å². The molecule has 0 fully saturated rings. The van der Waals surface area contributed by atoms with Crippen molar-refractivity contribution in [1.82, 2.24) is 5.32 Å². The number of ether oxygens (including phenoxy) is 2. The van der Waals surface area contributed by atoms with E-state index in [0.29, 0.717) is 13.2 Å². The lowest BCUT2D eigenvalue weighted by Gasteiger charge is -2.13. The zero-order valence-electron chi connectivity index (χ0n) is 11.4. The second-order valence-electron chi connectivity index (χ2n) is 4.58. The normalized spacial score (nSPS) is 17.8. The van der Waals surface area contributed by atoms with Gasteiger partial charge in [-0.1, -0.05) is 24.1 Å². The fourth-order valence-electron chi connectivity index (χ4n) is 2.02. The van der Waals surface area contributed by atoms with Gasteiger partial charge < -0.3 is 14.7 Å². The van der Waals surface area contributed by atoms with Crippen LogP contribution in [0.3, 0.4) is 0 Å². The maximum Gasteiger partial charge on any atom is 0.272 e. The smallest absolute Gasteiger partial charge is 0.272 e. The van der Waals surface area contributed by atoms with E-state index in [9.17, 15) is 5.21 Å². The van der Waals surface area contributed by atoms with Crippen LogP contribution in [0.1, 0.15) is 31.4 Å². The van der Waals surface area contributed by atoms with Gasteiger partial charge in [0, 0.05) is 5.56 Å². The summed E-state index contributed by atoms with van der Waals surface area (Å²) in [5.74, 6) is 1.49. The van der Waals surface area contributed by atoms with Crippen molar-refractivity contribution in [3.05, 3.63) is 23.8 Å². The average Bonchev–Trinajstić information content (AvgIpc) is 2.85. The Bertz CT molecular complexity index is 460. The number of nitrogens with one attached hydrogen (secondary N) is 1. The molecular formula is C14H21N2O3+. The summed E-state index contributed by atoms with van der Waals surface area (Å²) in [4.78, 5) is 0. The number of methoxy groups -OCH3 is 1. The van der Waals surface area contributed by atoms with E-state index in [1.807, 2.05) is 18.2 Å². The highest BCUT2D eigenvalue weighted by Gasteiger charge is 2.25. The van der Waals surface area contributed by atoms with Crippen molar-refractivity contribution in [3.8, 4) is 11.5 Å². The number of rotatable bonds is 6. The minimum absolute atomic E-state index is 0.0735. The molecule has 1 heterocycles. The first-order valence-corrected chi connectivity index (χ1v) is 6.60. The molecule has 1 aromatic carbocycles. The molecule has 0 amide bonds. The molecule has 5 heteroatoms. The summed E-state index contributed by atoms with van der Waals surface area (Å²) in [7, 11) is 1.64. The number of hydrogen-bond donors (Lipinski definition) is 2. The quantitative estimate of drug-likeness (QED) is 0.469. The van der Waals surface area contributed by atoms with Crippen molar-refractivity contribution in [2.75, 3.05) is 20.3 Å². The van der Waals surface area contributed by atoms with E-state index in [1.165, 1.54) is 0 Å². The predicted molar refractivity (Wildman–Crippen MR) is 72.3 cm³/mol. The Morgan fingerprint density at radius 2 is 2.26 bits per heavy atom. The van der Waals surface area contributed by atoms with Crippen molar-refractivity contribution in [3.63, 3.8) is 0 Å². The number of benzene rings is 1. The Morgan fingerprint density at radius 3 is 2.89 bits per heavy atom. The first-order valence-electron chi connectivity index (χ1n) is 6.60. The van der Waals surface area contributed by atoms with Crippen LogP contribution < -0.4 is 14.8 Å². The lowest BCUT2D eigenvalue weighted by molar-refractivity contribution is -0.767. The van der Waals surface area contributed by atoms with Crippen molar-refractivity contribution >= 4 is 6.34 Å². The van der Waals surface area contributed by atoms with E-state index in [2.05, 4.69) is 12.2 Å². The monoisotopic (exact) mass is 265 g/mol. The lowest BCUT2D eigenvalue weighted by atomic mass is 10.1. The van der Waals surface area contributed by atoms with Crippen LogP contribution in [-0.2, 0) is 0 Å². The van der Waals surface area contributed by atoms with E-state index in [4.69, 9.17) is 9.47 Å². The Balaban J connectivity index is 2.11. The van der Waals surface area contributed by atoms with Crippen LogP contribution in [0.4, 0.5) is 0 Å². The Kier molecular flexibility index (Phi) is 4.49. The summed E-state index contributed by atoms with van der Waals surface area (Å²) in [5, 5.41) is 12.5.